The summed E-state index contributed by atoms with van der Waals surface area (Å²) in [6.07, 6.45) is 3.37. The summed E-state index contributed by atoms with van der Waals surface area (Å²) < 4.78 is 0. The zero-order valence-corrected chi connectivity index (χ0v) is 16.1. The topological polar surface area (TPSA) is 56.1 Å². The van der Waals surface area contributed by atoms with Gasteiger partial charge < -0.3 is 10.2 Å². The van der Waals surface area contributed by atoms with Crippen LogP contribution in [0.3, 0.4) is 0 Å². The molecule has 2 aromatic carbocycles. The first kappa shape index (κ1) is 18.7. The molecule has 0 saturated heterocycles. The molecule has 0 saturated carbocycles. The predicted molar refractivity (Wildman–Crippen MR) is 110 cm³/mol. The van der Waals surface area contributed by atoms with E-state index < -0.39 is 0 Å². The van der Waals surface area contributed by atoms with Gasteiger partial charge >= 0.3 is 0 Å². The third kappa shape index (κ3) is 4.20. The zero-order chi connectivity index (χ0) is 19.4. The molecule has 0 bridgehead atoms. The molecule has 1 aliphatic rings. The van der Waals surface area contributed by atoms with Crippen molar-refractivity contribution in [1.29, 1.82) is 5.26 Å². The molecule has 2 aromatic rings. The second-order valence-electron chi connectivity index (χ2n) is 7.83. The van der Waals surface area contributed by atoms with Gasteiger partial charge in [-0.3, -0.25) is 4.79 Å². The minimum absolute atomic E-state index is 0.0871. The normalized spacial score (nSPS) is 14.3. The summed E-state index contributed by atoms with van der Waals surface area (Å²) in [5, 5.41) is 12.6. The summed E-state index contributed by atoms with van der Waals surface area (Å²) in [4.78, 5) is 14.6. The van der Waals surface area contributed by atoms with Crippen molar-refractivity contribution >= 4 is 17.3 Å². The number of nitrogens with one attached hydrogen (secondary N) is 1. The third-order valence-electron chi connectivity index (χ3n) is 4.84. The first-order chi connectivity index (χ1) is 12.9. The minimum Gasteiger partial charge on any atom is -0.360 e. The van der Waals surface area contributed by atoms with Crippen LogP contribution in [0.4, 0.5) is 11.4 Å². The SMILES string of the molecule is CC(C)(C)c1ccc(N/C=C(/C#N)C(=O)N2CCCc3ccccc32)cc1. The molecule has 27 heavy (non-hydrogen) atoms. The van der Waals surface area contributed by atoms with Gasteiger partial charge in [0.15, 0.2) is 0 Å². The maximum absolute atomic E-state index is 12.9. The van der Waals surface area contributed by atoms with Gasteiger partial charge in [-0.05, 0) is 47.6 Å². The molecule has 1 heterocycles. The summed E-state index contributed by atoms with van der Waals surface area (Å²) in [6, 6.07) is 18.0. The van der Waals surface area contributed by atoms with Crippen molar-refractivity contribution in [3.05, 3.63) is 71.4 Å². The molecular formula is C23H25N3O. The van der Waals surface area contributed by atoms with Crippen LogP contribution in [-0.2, 0) is 16.6 Å². The van der Waals surface area contributed by atoms with E-state index in [1.807, 2.05) is 42.5 Å². The molecule has 3 rings (SSSR count). The molecule has 0 aliphatic carbocycles. The zero-order valence-electron chi connectivity index (χ0n) is 16.1. The Morgan fingerprint density at radius 2 is 1.85 bits per heavy atom. The largest absolute Gasteiger partial charge is 0.360 e. The number of hydrogen-bond donors (Lipinski definition) is 1. The van der Waals surface area contributed by atoms with Crippen LogP contribution in [0.2, 0.25) is 0 Å². The first-order valence-corrected chi connectivity index (χ1v) is 9.27. The number of aryl methyl sites for hydroxylation is 1. The molecule has 0 spiro atoms. The fourth-order valence-corrected chi connectivity index (χ4v) is 3.25. The van der Waals surface area contributed by atoms with Gasteiger partial charge in [-0.2, -0.15) is 5.26 Å². The van der Waals surface area contributed by atoms with E-state index in [-0.39, 0.29) is 16.9 Å². The number of hydrogen-bond acceptors (Lipinski definition) is 3. The molecule has 1 N–H and O–H groups in total. The number of benzene rings is 2. The smallest absolute Gasteiger partial charge is 0.270 e. The monoisotopic (exact) mass is 359 g/mol. The fraction of sp³-hybridized carbons (Fsp3) is 0.304. The van der Waals surface area contributed by atoms with Crippen molar-refractivity contribution in [1.82, 2.24) is 0 Å². The summed E-state index contributed by atoms with van der Waals surface area (Å²) in [7, 11) is 0. The van der Waals surface area contributed by atoms with E-state index in [2.05, 4.69) is 38.2 Å². The maximum Gasteiger partial charge on any atom is 0.270 e. The average molecular weight is 359 g/mol. The number of nitriles is 1. The van der Waals surface area contributed by atoms with E-state index in [0.717, 1.165) is 29.8 Å². The van der Waals surface area contributed by atoms with Gasteiger partial charge in [-0.15, -0.1) is 0 Å². The number of nitrogens with zero attached hydrogens (tertiary/aromatic N) is 2. The molecular weight excluding hydrogens is 334 g/mol. The van der Waals surface area contributed by atoms with Crippen LogP contribution in [0.1, 0.15) is 38.3 Å². The number of para-hydroxylation sites is 1. The molecule has 1 aliphatic heterocycles. The quantitative estimate of drug-likeness (QED) is 0.634. The molecule has 4 heteroatoms. The van der Waals surface area contributed by atoms with E-state index >= 15 is 0 Å². The lowest BCUT2D eigenvalue weighted by Gasteiger charge is -2.29. The molecule has 0 fully saturated rings. The number of rotatable bonds is 3. The highest BCUT2D eigenvalue weighted by Gasteiger charge is 2.24. The van der Waals surface area contributed by atoms with Gasteiger partial charge in [0.1, 0.15) is 11.6 Å². The molecule has 0 unspecified atom stereocenters. The Balaban J connectivity index is 1.77. The van der Waals surface area contributed by atoms with Crippen LogP contribution in [0.25, 0.3) is 0 Å². The number of amides is 1. The summed E-state index contributed by atoms with van der Waals surface area (Å²) in [5.74, 6) is -0.261. The Morgan fingerprint density at radius 1 is 1.15 bits per heavy atom. The number of anilines is 2. The van der Waals surface area contributed by atoms with Crippen LogP contribution in [0.5, 0.6) is 0 Å². The standard InChI is InChI=1S/C23H25N3O/c1-23(2,3)19-10-12-20(13-11-19)25-16-18(15-24)22(27)26-14-6-8-17-7-4-5-9-21(17)26/h4-5,7,9-13,16,25H,6,8,14H2,1-3H3/b18-16-. The van der Waals surface area contributed by atoms with Crippen LogP contribution in [-0.4, -0.2) is 12.5 Å². The number of carbonyl (C=O) groups is 1. The Bertz CT molecular complexity index is 898. The lowest BCUT2D eigenvalue weighted by Crippen LogP contribution is -2.36. The van der Waals surface area contributed by atoms with Gasteiger partial charge in [0.25, 0.3) is 5.91 Å². The van der Waals surface area contributed by atoms with Crippen molar-refractivity contribution in [2.75, 3.05) is 16.8 Å². The van der Waals surface area contributed by atoms with Crippen LogP contribution in [0, 0.1) is 11.3 Å². The highest BCUT2D eigenvalue weighted by molar-refractivity contribution is 6.09. The van der Waals surface area contributed by atoms with Crippen LogP contribution < -0.4 is 10.2 Å². The second kappa shape index (κ2) is 7.67. The molecule has 0 radical (unpaired) electrons. The van der Waals surface area contributed by atoms with Crippen LogP contribution >= 0.6 is 0 Å². The fourth-order valence-electron chi connectivity index (χ4n) is 3.25. The second-order valence-corrected chi connectivity index (χ2v) is 7.83. The number of carbonyl (C=O) groups excluding carboxylic acids is 1. The van der Waals surface area contributed by atoms with Gasteiger partial charge in [0, 0.05) is 24.1 Å². The van der Waals surface area contributed by atoms with Crippen molar-refractivity contribution < 1.29 is 4.79 Å². The van der Waals surface area contributed by atoms with E-state index in [0.29, 0.717) is 6.54 Å². The minimum atomic E-state index is -0.261. The summed E-state index contributed by atoms with van der Waals surface area (Å²) in [5.41, 5.74) is 4.33. The Hall–Kier alpha value is -3.06. The first-order valence-electron chi connectivity index (χ1n) is 9.27. The van der Waals surface area contributed by atoms with Gasteiger partial charge in [0.05, 0.1) is 0 Å². The van der Waals surface area contributed by atoms with E-state index in [9.17, 15) is 10.1 Å². The molecule has 0 aromatic heterocycles. The van der Waals surface area contributed by atoms with Gasteiger partial charge in [-0.1, -0.05) is 51.1 Å². The van der Waals surface area contributed by atoms with Crippen molar-refractivity contribution in [3.8, 4) is 6.07 Å². The summed E-state index contributed by atoms with van der Waals surface area (Å²) >= 11 is 0. The van der Waals surface area contributed by atoms with Crippen LogP contribution in [0.15, 0.2) is 60.3 Å². The van der Waals surface area contributed by atoms with Gasteiger partial charge in [0.2, 0.25) is 0 Å². The third-order valence-corrected chi connectivity index (χ3v) is 4.84. The van der Waals surface area contributed by atoms with Crippen molar-refractivity contribution in [2.45, 2.75) is 39.0 Å². The van der Waals surface area contributed by atoms with Crippen molar-refractivity contribution in [3.63, 3.8) is 0 Å². The average Bonchev–Trinajstić information content (AvgIpc) is 2.67. The highest BCUT2D eigenvalue weighted by atomic mass is 16.2. The van der Waals surface area contributed by atoms with Crippen molar-refractivity contribution in [2.24, 2.45) is 0 Å². The number of fused-ring (bicyclic) bond motifs is 1. The van der Waals surface area contributed by atoms with Gasteiger partial charge in [-0.25, -0.2) is 0 Å². The lowest BCUT2D eigenvalue weighted by molar-refractivity contribution is -0.114. The Morgan fingerprint density at radius 3 is 2.52 bits per heavy atom. The van der Waals surface area contributed by atoms with E-state index in [1.165, 1.54) is 11.8 Å². The molecule has 138 valence electrons. The van der Waals surface area contributed by atoms with E-state index in [4.69, 9.17) is 0 Å². The maximum atomic E-state index is 12.9. The predicted octanol–water partition coefficient (Wildman–Crippen LogP) is 4.78. The lowest BCUT2D eigenvalue weighted by atomic mass is 9.87. The summed E-state index contributed by atoms with van der Waals surface area (Å²) in [6.45, 7) is 7.13. The Labute approximate surface area is 161 Å². The molecule has 0 atom stereocenters. The highest BCUT2D eigenvalue weighted by Crippen LogP contribution is 2.28. The Kier molecular flexibility index (Phi) is 5.32. The van der Waals surface area contributed by atoms with E-state index in [1.54, 1.807) is 4.90 Å². The molecule has 1 amide bonds. The molecule has 4 nitrogen and oxygen atoms in total.